The van der Waals surface area contributed by atoms with E-state index in [-0.39, 0.29) is 17.6 Å². The first-order chi connectivity index (χ1) is 11.5. The highest BCUT2D eigenvalue weighted by molar-refractivity contribution is 5.79. The first-order valence-corrected chi connectivity index (χ1v) is 8.60. The zero-order valence-electron chi connectivity index (χ0n) is 14.5. The fourth-order valence-corrected chi connectivity index (χ4v) is 3.82. The van der Waals surface area contributed by atoms with Crippen molar-refractivity contribution in [3.63, 3.8) is 0 Å². The summed E-state index contributed by atoms with van der Waals surface area (Å²) in [5.41, 5.74) is 2.17. The molecule has 0 saturated carbocycles. The second kappa shape index (κ2) is 5.36. The van der Waals surface area contributed by atoms with E-state index in [1.165, 1.54) is 5.56 Å². The Bertz CT molecular complexity index is 794. The van der Waals surface area contributed by atoms with Crippen LogP contribution in [0.25, 0.3) is 11.4 Å². The normalized spacial score (nSPS) is 21.9. The van der Waals surface area contributed by atoms with Crippen molar-refractivity contribution in [3.8, 4) is 17.1 Å². The molecule has 1 amide bonds. The van der Waals surface area contributed by atoms with Gasteiger partial charge < -0.3 is 14.2 Å². The van der Waals surface area contributed by atoms with Gasteiger partial charge in [0, 0.05) is 43.9 Å². The molecular formula is C19H23N3O2. The van der Waals surface area contributed by atoms with Crippen LogP contribution in [0.1, 0.15) is 38.8 Å². The van der Waals surface area contributed by atoms with Crippen molar-refractivity contribution in [2.45, 2.75) is 45.3 Å². The fraction of sp³-hybridized carbons (Fsp3) is 0.474. The van der Waals surface area contributed by atoms with Crippen molar-refractivity contribution in [1.82, 2.24) is 14.5 Å². The van der Waals surface area contributed by atoms with Crippen LogP contribution in [0, 0.1) is 0 Å². The lowest BCUT2D eigenvalue weighted by molar-refractivity contribution is -0.127. The molecule has 0 N–H and O–H groups in total. The Balaban J connectivity index is 1.66. The van der Waals surface area contributed by atoms with Crippen molar-refractivity contribution >= 4 is 5.91 Å². The zero-order valence-corrected chi connectivity index (χ0v) is 14.5. The Morgan fingerprint density at radius 1 is 1.38 bits per heavy atom. The van der Waals surface area contributed by atoms with Gasteiger partial charge in [0.15, 0.2) is 0 Å². The Hall–Kier alpha value is -2.30. The minimum absolute atomic E-state index is 0.143. The molecule has 0 bridgehead atoms. The van der Waals surface area contributed by atoms with Crippen LogP contribution in [-0.4, -0.2) is 39.0 Å². The van der Waals surface area contributed by atoms with E-state index in [2.05, 4.69) is 35.5 Å². The largest absolute Gasteiger partial charge is 0.487 e. The molecule has 5 nitrogen and oxygen atoms in total. The summed E-state index contributed by atoms with van der Waals surface area (Å²) in [6.07, 6.45) is 5.27. The molecular weight excluding hydrogens is 302 g/mol. The van der Waals surface area contributed by atoms with Gasteiger partial charge in [-0.1, -0.05) is 0 Å². The van der Waals surface area contributed by atoms with E-state index in [9.17, 15) is 4.79 Å². The van der Waals surface area contributed by atoms with Crippen LogP contribution in [0.15, 0.2) is 30.6 Å². The predicted octanol–water partition coefficient (Wildman–Crippen LogP) is 3.06. The number of ether oxygens (including phenoxy) is 1. The average Bonchev–Trinajstić information content (AvgIpc) is 3.20. The quantitative estimate of drug-likeness (QED) is 0.871. The molecule has 126 valence electrons. The highest BCUT2D eigenvalue weighted by Gasteiger charge is 2.32. The number of carbonyl (C=O) groups is 1. The van der Waals surface area contributed by atoms with Crippen molar-refractivity contribution in [3.05, 3.63) is 36.2 Å². The number of amides is 1. The number of imidazole rings is 1. The molecule has 3 heterocycles. The number of likely N-dealkylation sites (tertiary alicyclic amines) is 1. The van der Waals surface area contributed by atoms with Crippen LogP contribution in [0.4, 0.5) is 0 Å². The van der Waals surface area contributed by atoms with E-state index >= 15 is 0 Å². The van der Waals surface area contributed by atoms with Gasteiger partial charge in [0.2, 0.25) is 5.91 Å². The van der Waals surface area contributed by atoms with Crippen LogP contribution in [-0.2, 0) is 11.2 Å². The van der Waals surface area contributed by atoms with Crippen LogP contribution in [0.2, 0.25) is 0 Å². The highest BCUT2D eigenvalue weighted by Crippen LogP contribution is 2.37. The summed E-state index contributed by atoms with van der Waals surface area (Å²) in [6.45, 7) is 7.77. The van der Waals surface area contributed by atoms with Crippen molar-refractivity contribution in [2.75, 3.05) is 13.1 Å². The summed E-state index contributed by atoms with van der Waals surface area (Å²) < 4.78 is 8.11. The van der Waals surface area contributed by atoms with Crippen LogP contribution >= 0.6 is 0 Å². The standard InChI is InChI=1S/C19H23N3O2/c1-4-21-12-15(10-17(21)23)22-8-7-20-18(22)13-5-6-16-14(9-13)11-19(2,3)24-16/h5-9,15H,4,10-12H2,1-3H3/t15-/m1/s1. The molecule has 2 aromatic rings. The van der Waals surface area contributed by atoms with Crippen molar-refractivity contribution in [1.29, 1.82) is 0 Å². The summed E-state index contributed by atoms with van der Waals surface area (Å²) >= 11 is 0. The average molecular weight is 325 g/mol. The van der Waals surface area contributed by atoms with E-state index in [4.69, 9.17) is 4.74 Å². The molecule has 0 unspecified atom stereocenters. The summed E-state index contributed by atoms with van der Waals surface area (Å²) in [6, 6.07) is 6.44. The minimum Gasteiger partial charge on any atom is -0.487 e. The number of nitrogens with zero attached hydrogens (tertiary/aromatic N) is 3. The summed E-state index contributed by atoms with van der Waals surface area (Å²) in [5, 5.41) is 0. The van der Waals surface area contributed by atoms with Gasteiger partial charge in [-0.25, -0.2) is 4.98 Å². The number of aromatic nitrogens is 2. The second-order valence-corrected chi connectivity index (χ2v) is 7.31. The predicted molar refractivity (Wildman–Crippen MR) is 92.0 cm³/mol. The highest BCUT2D eigenvalue weighted by atomic mass is 16.5. The Morgan fingerprint density at radius 3 is 2.96 bits per heavy atom. The number of rotatable bonds is 3. The number of likely N-dealkylation sites (N-methyl/N-ethyl adjacent to an activating group) is 1. The van der Waals surface area contributed by atoms with Crippen molar-refractivity contribution in [2.24, 2.45) is 0 Å². The molecule has 1 aromatic heterocycles. The van der Waals surface area contributed by atoms with Crippen molar-refractivity contribution < 1.29 is 9.53 Å². The molecule has 1 saturated heterocycles. The lowest BCUT2D eigenvalue weighted by atomic mass is 10.00. The van der Waals surface area contributed by atoms with Gasteiger partial charge in [0.25, 0.3) is 0 Å². The van der Waals surface area contributed by atoms with Gasteiger partial charge in [0.1, 0.15) is 17.2 Å². The van der Waals surface area contributed by atoms with E-state index in [1.54, 1.807) is 0 Å². The molecule has 2 aliphatic heterocycles. The Kier molecular flexibility index (Phi) is 3.41. The molecule has 0 aliphatic carbocycles. The van der Waals surface area contributed by atoms with Crippen LogP contribution < -0.4 is 4.74 Å². The molecule has 4 rings (SSSR count). The zero-order chi connectivity index (χ0) is 16.9. The van der Waals surface area contributed by atoms with Gasteiger partial charge in [-0.3, -0.25) is 4.79 Å². The second-order valence-electron chi connectivity index (χ2n) is 7.31. The SMILES string of the molecule is CCN1C[C@H](n2ccnc2-c2ccc3c(c2)CC(C)(C)O3)CC1=O. The number of hydrogen-bond acceptors (Lipinski definition) is 3. The lowest BCUT2D eigenvalue weighted by Crippen LogP contribution is -2.24. The van der Waals surface area contributed by atoms with E-state index in [0.717, 1.165) is 36.6 Å². The van der Waals surface area contributed by atoms with Gasteiger partial charge >= 0.3 is 0 Å². The molecule has 24 heavy (non-hydrogen) atoms. The molecule has 1 aromatic carbocycles. The third-order valence-electron chi connectivity index (χ3n) is 4.96. The van der Waals surface area contributed by atoms with E-state index in [0.29, 0.717) is 6.42 Å². The minimum atomic E-state index is -0.143. The lowest BCUT2D eigenvalue weighted by Gasteiger charge is -2.17. The van der Waals surface area contributed by atoms with Gasteiger partial charge in [-0.2, -0.15) is 0 Å². The maximum Gasteiger partial charge on any atom is 0.224 e. The Labute approximate surface area is 142 Å². The van der Waals surface area contributed by atoms with Crippen LogP contribution in [0.3, 0.4) is 0 Å². The molecule has 0 spiro atoms. The smallest absolute Gasteiger partial charge is 0.224 e. The number of fused-ring (bicyclic) bond motifs is 1. The number of hydrogen-bond donors (Lipinski definition) is 0. The van der Waals surface area contributed by atoms with Gasteiger partial charge in [-0.15, -0.1) is 0 Å². The van der Waals surface area contributed by atoms with Gasteiger partial charge in [-0.05, 0) is 44.5 Å². The summed E-state index contributed by atoms with van der Waals surface area (Å²) in [7, 11) is 0. The monoisotopic (exact) mass is 325 g/mol. The van der Waals surface area contributed by atoms with Crippen LogP contribution in [0.5, 0.6) is 5.75 Å². The third kappa shape index (κ3) is 2.48. The van der Waals surface area contributed by atoms with E-state index < -0.39 is 0 Å². The molecule has 5 heteroatoms. The fourth-order valence-electron chi connectivity index (χ4n) is 3.82. The summed E-state index contributed by atoms with van der Waals surface area (Å²) in [5.74, 6) is 2.12. The molecule has 1 fully saturated rings. The molecule has 2 aliphatic rings. The number of benzene rings is 1. The van der Waals surface area contributed by atoms with E-state index in [1.807, 2.05) is 30.3 Å². The number of carbonyl (C=O) groups excluding carboxylic acids is 1. The molecule has 1 atom stereocenters. The molecule has 0 radical (unpaired) electrons. The topological polar surface area (TPSA) is 47.4 Å². The van der Waals surface area contributed by atoms with Gasteiger partial charge in [0.05, 0.1) is 6.04 Å². The Morgan fingerprint density at radius 2 is 2.21 bits per heavy atom. The third-order valence-corrected chi connectivity index (χ3v) is 4.96. The maximum absolute atomic E-state index is 12.1. The first kappa shape index (κ1) is 15.2. The summed E-state index contributed by atoms with van der Waals surface area (Å²) in [4.78, 5) is 18.5. The maximum atomic E-state index is 12.1. The first-order valence-electron chi connectivity index (χ1n) is 8.60.